The molecular weight excluding hydrogens is 281 g/mol. The van der Waals surface area contributed by atoms with E-state index in [0.717, 1.165) is 10.2 Å². The van der Waals surface area contributed by atoms with Gasteiger partial charge in [0.15, 0.2) is 4.47 Å². The van der Waals surface area contributed by atoms with Crippen molar-refractivity contribution in [2.24, 2.45) is 0 Å². The van der Waals surface area contributed by atoms with Crippen LogP contribution < -0.4 is 0 Å². The maximum Gasteiger partial charge on any atom is 0.353 e. The third-order valence-electron chi connectivity index (χ3n) is 1.27. The monoisotopic (exact) mass is 285 g/mol. The third-order valence-corrected chi connectivity index (χ3v) is 2.41. The second-order valence-electron chi connectivity index (χ2n) is 2.35. The van der Waals surface area contributed by atoms with E-state index < -0.39 is 9.33 Å². The molecule has 0 saturated carbocycles. The molecule has 0 bridgehead atoms. The molecule has 0 amide bonds. The van der Waals surface area contributed by atoms with Crippen molar-refractivity contribution in [1.82, 2.24) is 4.98 Å². The van der Waals surface area contributed by atoms with Crippen molar-refractivity contribution >= 4 is 53.2 Å². The standard InChI is InChI=1S/C7H4ClNS.ClHO3S/c8-7-9-5-3-1-2-4-6(5)10-7;1-5(2,3)4/h1-4H;(H,2,3,4). The highest BCUT2D eigenvalue weighted by molar-refractivity contribution is 8.09. The molecule has 8 heteroatoms. The van der Waals surface area contributed by atoms with Crippen molar-refractivity contribution in [3.8, 4) is 0 Å². The normalized spacial score (nSPS) is 10.9. The summed E-state index contributed by atoms with van der Waals surface area (Å²) in [5.74, 6) is 0. The molecule has 1 heterocycles. The van der Waals surface area contributed by atoms with Crippen molar-refractivity contribution in [3.05, 3.63) is 28.7 Å². The average molecular weight is 286 g/mol. The van der Waals surface area contributed by atoms with Crippen LogP contribution >= 0.6 is 33.6 Å². The van der Waals surface area contributed by atoms with Gasteiger partial charge < -0.3 is 0 Å². The van der Waals surface area contributed by atoms with E-state index in [0.29, 0.717) is 4.47 Å². The van der Waals surface area contributed by atoms with Gasteiger partial charge in [0.05, 0.1) is 10.2 Å². The quantitative estimate of drug-likeness (QED) is 0.597. The van der Waals surface area contributed by atoms with Crippen LogP contribution in [-0.2, 0) is 9.33 Å². The lowest BCUT2D eigenvalue weighted by atomic mass is 10.3. The third kappa shape index (κ3) is 5.29. The molecule has 15 heavy (non-hydrogen) atoms. The Morgan fingerprint density at radius 1 is 1.33 bits per heavy atom. The zero-order valence-corrected chi connectivity index (χ0v) is 10.2. The van der Waals surface area contributed by atoms with E-state index in [1.54, 1.807) is 0 Å². The highest BCUT2D eigenvalue weighted by atomic mass is 35.7. The molecule has 1 aromatic carbocycles. The van der Waals surface area contributed by atoms with Gasteiger partial charge in [-0.05, 0) is 12.1 Å². The number of aromatic nitrogens is 1. The van der Waals surface area contributed by atoms with Crippen LogP contribution in [0.4, 0.5) is 0 Å². The Morgan fingerprint density at radius 3 is 2.40 bits per heavy atom. The smallest absolute Gasteiger partial charge is 0.273 e. The first-order chi connectivity index (χ1) is 6.86. The number of rotatable bonds is 0. The summed E-state index contributed by atoms with van der Waals surface area (Å²) >= 11 is 7.20. The summed E-state index contributed by atoms with van der Waals surface area (Å²) < 4.78 is 26.9. The Kier molecular flexibility index (Phi) is 4.30. The highest BCUT2D eigenvalue weighted by Gasteiger charge is 1.97. The van der Waals surface area contributed by atoms with Crippen molar-refractivity contribution < 1.29 is 13.0 Å². The predicted molar refractivity (Wildman–Crippen MR) is 62.0 cm³/mol. The number of halogens is 2. The van der Waals surface area contributed by atoms with Crippen LogP contribution in [0.5, 0.6) is 0 Å². The molecule has 1 aromatic heterocycles. The van der Waals surface area contributed by atoms with E-state index in [1.165, 1.54) is 11.3 Å². The molecule has 2 aromatic rings. The summed E-state index contributed by atoms with van der Waals surface area (Å²) in [7, 11) is -0.137. The van der Waals surface area contributed by atoms with E-state index in [2.05, 4.69) is 15.7 Å². The number of benzene rings is 1. The SMILES string of the molecule is Clc1nc2ccccc2s1.O=S(=O)(O)Cl. The van der Waals surface area contributed by atoms with Crippen LogP contribution in [0, 0.1) is 0 Å². The fraction of sp³-hybridized carbons (Fsp3) is 0. The second kappa shape index (κ2) is 5.09. The van der Waals surface area contributed by atoms with Gasteiger partial charge in [0, 0.05) is 10.7 Å². The minimum absolute atomic E-state index is 0.612. The van der Waals surface area contributed by atoms with Crippen molar-refractivity contribution in [2.45, 2.75) is 0 Å². The van der Waals surface area contributed by atoms with Gasteiger partial charge in [-0.3, -0.25) is 4.55 Å². The van der Waals surface area contributed by atoms with Crippen LogP contribution in [0.25, 0.3) is 10.2 Å². The maximum atomic E-state index is 8.95. The van der Waals surface area contributed by atoms with Gasteiger partial charge >= 0.3 is 9.33 Å². The lowest BCUT2D eigenvalue weighted by Crippen LogP contribution is -1.77. The van der Waals surface area contributed by atoms with E-state index in [4.69, 9.17) is 24.6 Å². The van der Waals surface area contributed by atoms with Crippen molar-refractivity contribution in [2.75, 3.05) is 0 Å². The lowest BCUT2D eigenvalue weighted by molar-refractivity contribution is 0.501. The van der Waals surface area contributed by atoms with E-state index in [9.17, 15) is 0 Å². The van der Waals surface area contributed by atoms with Crippen LogP contribution in [0.1, 0.15) is 0 Å². The molecule has 82 valence electrons. The summed E-state index contributed by atoms with van der Waals surface area (Å²) in [5.41, 5.74) is 0.984. The van der Waals surface area contributed by atoms with Crippen LogP contribution in [0.2, 0.25) is 4.47 Å². The van der Waals surface area contributed by atoms with E-state index >= 15 is 0 Å². The number of fused-ring (bicyclic) bond motifs is 1. The van der Waals surface area contributed by atoms with Gasteiger partial charge in [-0.15, -0.1) is 11.3 Å². The van der Waals surface area contributed by atoms with Gasteiger partial charge in [-0.1, -0.05) is 23.7 Å². The topological polar surface area (TPSA) is 67.3 Å². The fourth-order valence-corrected chi connectivity index (χ4v) is 1.87. The minimum atomic E-state index is -4.19. The van der Waals surface area contributed by atoms with Crippen molar-refractivity contribution in [1.29, 1.82) is 0 Å². The summed E-state index contributed by atoms with van der Waals surface area (Å²) in [6.45, 7) is 0. The molecule has 4 nitrogen and oxygen atoms in total. The molecule has 0 aliphatic heterocycles. The summed E-state index contributed by atoms with van der Waals surface area (Å²) in [6, 6.07) is 7.91. The minimum Gasteiger partial charge on any atom is -0.273 e. The van der Waals surface area contributed by atoms with Gasteiger partial charge in [0.1, 0.15) is 0 Å². The van der Waals surface area contributed by atoms with Gasteiger partial charge in [0.2, 0.25) is 0 Å². The number of nitrogens with zero attached hydrogens (tertiary/aromatic N) is 1. The van der Waals surface area contributed by atoms with Crippen molar-refractivity contribution in [3.63, 3.8) is 0 Å². The Balaban J connectivity index is 0.000000195. The van der Waals surface area contributed by atoms with Crippen LogP contribution in [-0.4, -0.2) is 18.0 Å². The van der Waals surface area contributed by atoms with E-state index in [1.807, 2.05) is 24.3 Å². The molecule has 0 atom stereocenters. The van der Waals surface area contributed by atoms with Crippen LogP contribution in [0.3, 0.4) is 0 Å². The summed E-state index contributed by atoms with van der Waals surface area (Å²) in [5, 5.41) is 0. The average Bonchev–Trinajstić information content (AvgIpc) is 2.40. The number of hydrogen-bond donors (Lipinski definition) is 1. The largest absolute Gasteiger partial charge is 0.353 e. The second-order valence-corrected chi connectivity index (χ2v) is 5.95. The first-order valence-electron chi connectivity index (χ1n) is 3.54. The Morgan fingerprint density at radius 2 is 1.87 bits per heavy atom. The molecule has 0 spiro atoms. The molecule has 0 saturated heterocycles. The number of hydrogen-bond acceptors (Lipinski definition) is 4. The Bertz CT molecular complexity index is 511. The zero-order chi connectivity index (χ0) is 11.5. The Hall–Kier alpha value is -0.400. The Labute approximate surface area is 99.7 Å². The predicted octanol–water partition coefficient (Wildman–Crippen LogP) is 2.98. The first-order valence-corrected chi connectivity index (χ1v) is 7.00. The highest BCUT2D eigenvalue weighted by Crippen LogP contribution is 2.24. The van der Waals surface area contributed by atoms with Gasteiger partial charge in [0.25, 0.3) is 0 Å². The number of para-hydroxylation sites is 1. The summed E-state index contributed by atoms with van der Waals surface area (Å²) in [4.78, 5) is 4.10. The fourth-order valence-electron chi connectivity index (χ4n) is 0.844. The molecular formula is C7H5Cl2NO3S2. The molecule has 0 aliphatic carbocycles. The van der Waals surface area contributed by atoms with E-state index in [-0.39, 0.29) is 0 Å². The van der Waals surface area contributed by atoms with Gasteiger partial charge in [-0.25, -0.2) is 4.98 Å². The lowest BCUT2D eigenvalue weighted by Gasteiger charge is -1.80. The molecule has 1 N–H and O–H groups in total. The molecule has 0 unspecified atom stereocenters. The molecule has 0 fully saturated rings. The number of thiazole rings is 1. The summed E-state index contributed by atoms with van der Waals surface area (Å²) in [6.07, 6.45) is 0. The van der Waals surface area contributed by atoms with Gasteiger partial charge in [-0.2, -0.15) is 8.42 Å². The zero-order valence-electron chi connectivity index (χ0n) is 7.09. The molecule has 0 radical (unpaired) electrons. The molecule has 2 rings (SSSR count). The first kappa shape index (κ1) is 12.7. The van der Waals surface area contributed by atoms with Crippen LogP contribution in [0.15, 0.2) is 24.3 Å². The molecule has 0 aliphatic rings. The maximum absolute atomic E-state index is 8.95.